The van der Waals surface area contributed by atoms with Crippen molar-refractivity contribution < 1.29 is 31.1 Å². The van der Waals surface area contributed by atoms with Crippen LogP contribution in [0.1, 0.15) is 21.5 Å². The van der Waals surface area contributed by atoms with E-state index in [2.05, 4.69) is 9.97 Å². The number of carbonyl (C=O) groups is 1. The van der Waals surface area contributed by atoms with Gasteiger partial charge in [-0.25, -0.2) is 22.2 Å². The van der Waals surface area contributed by atoms with Crippen LogP contribution in [0.5, 0.6) is 0 Å². The van der Waals surface area contributed by atoms with Crippen LogP contribution >= 0.6 is 0 Å². The molecule has 0 spiro atoms. The Morgan fingerprint density at radius 1 is 1.00 bits per heavy atom. The fourth-order valence-corrected chi connectivity index (χ4v) is 5.77. The van der Waals surface area contributed by atoms with Gasteiger partial charge < -0.3 is 9.72 Å². The minimum atomic E-state index is -4.58. The minimum absolute atomic E-state index is 0.0335. The van der Waals surface area contributed by atoms with Gasteiger partial charge in [-0.3, -0.25) is 0 Å². The van der Waals surface area contributed by atoms with Gasteiger partial charge in [0, 0.05) is 34.6 Å². The van der Waals surface area contributed by atoms with E-state index in [1.54, 1.807) is 30.3 Å². The molecule has 0 unspecified atom stereocenters. The van der Waals surface area contributed by atoms with Gasteiger partial charge in [0.15, 0.2) is 5.65 Å². The predicted molar refractivity (Wildman–Crippen MR) is 135 cm³/mol. The van der Waals surface area contributed by atoms with Gasteiger partial charge in [0.1, 0.15) is 0 Å². The number of fused-ring (bicyclic) bond motifs is 1. The van der Waals surface area contributed by atoms with E-state index in [4.69, 9.17) is 4.74 Å². The first-order valence-electron chi connectivity index (χ1n) is 11.3. The molecule has 0 fully saturated rings. The normalized spacial score (nSPS) is 12.1. The fourth-order valence-electron chi connectivity index (χ4n) is 4.45. The van der Waals surface area contributed by atoms with Crippen LogP contribution in [0.15, 0.2) is 84.0 Å². The quantitative estimate of drug-likeness (QED) is 0.275. The third-order valence-electron chi connectivity index (χ3n) is 6.28. The number of methoxy groups -OCH3 is 1. The van der Waals surface area contributed by atoms with Crippen molar-refractivity contribution in [2.45, 2.75) is 18.0 Å². The van der Waals surface area contributed by atoms with Gasteiger partial charge in [-0.1, -0.05) is 30.3 Å². The zero-order valence-corrected chi connectivity index (χ0v) is 20.9. The molecule has 0 saturated heterocycles. The standard InChI is InChI=1S/C27H20F3N3O4S/c1-16-18(9-6-10-22(16)27(28,29)30)24-21(26(34)37-2)15-23(32-24)19-11-13-31-25-20(19)12-14-33(25)38(35,36)17-7-4-3-5-8-17/h3-15,32H,1-2H3. The Hall–Kier alpha value is -4.38. The molecule has 0 atom stereocenters. The van der Waals surface area contributed by atoms with E-state index >= 15 is 0 Å². The lowest BCUT2D eigenvalue weighted by Gasteiger charge is -2.14. The van der Waals surface area contributed by atoms with Crippen molar-refractivity contribution in [2.24, 2.45) is 0 Å². The first-order valence-corrected chi connectivity index (χ1v) is 12.7. The molecule has 3 aromatic heterocycles. The first kappa shape index (κ1) is 25.3. The van der Waals surface area contributed by atoms with E-state index in [-0.39, 0.29) is 32.9 Å². The predicted octanol–water partition coefficient (Wildman–Crippen LogP) is 6.05. The zero-order chi connectivity index (χ0) is 27.2. The number of pyridine rings is 1. The molecule has 0 radical (unpaired) electrons. The maximum atomic E-state index is 13.6. The largest absolute Gasteiger partial charge is 0.465 e. The van der Waals surface area contributed by atoms with Gasteiger partial charge in [0.05, 0.1) is 28.8 Å². The van der Waals surface area contributed by atoms with E-state index in [0.29, 0.717) is 16.6 Å². The van der Waals surface area contributed by atoms with Gasteiger partial charge in [-0.15, -0.1) is 0 Å². The molecule has 194 valence electrons. The molecule has 5 rings (SSSR count). The number of nitrogens with one attached hydrogen (secondary N) is 1. The second-order valence-corrected chi connectivity index (χ2v) is 10.3. The number of aromatic amines is 1. The summed E-state index contributed by atoms with van der Waals surface area (Å²) in [5, 5.41) is 0.456. The van der Waals surface area contributed by atoms with Crippen LogP contribution < -0.4 is 0 Å². The average Bonchev–Trinajstić information content (AvgIpc) is 3.53. The second kappa shape index (κ2) is 9.18. The molecule has 3 heterocycles. The molecular formula is C27H20F3N3O4S. The summed E-state index contributed by atoms with van der Waals surface area (Å²) in [6, 6.07) is 16.3. The average molecular weight is 540 g/mol. The molecule has 0 aliphatic carbocycles. The summed E-state index contributed by atoms with van der Waals surface area (Å²) >= 11 is 0. The highest BCUT2D eigenvalue weighted by Gasteiger charge is 2.34. The van der Waals surface area contributed by atoms with Gasteiger partial charge in [0.2, 0.25) is 0 Å². The highest BCUT2D eigenvalue weighted by molar-refractivity contribution is 7.90. The number of alkyl halides is 3. The van der Waals surface area contributed by atoms with Crippen LogP contribution in [0.25, 0.3) is 33.5 Å². The number of hydrogen-bond donors (Lipinski definition) is 1. The van der Waals surface area contributed by atoms with Crippen molar-refractivity contribution in [3.8, 4) is 22.5 Å². The number of nitrogens with zero attached hydrogens (tertiary/aromatic N) is 2. The number of H-pyrrole nitrogens is 1. The monoisotopic (exact) mass is 539 g/mol. The Kier molecular flexibility index (Phi) is 6.10. The summed E-state index contributed by atoms with van der Waals surface area (Å²) in [6.45, 7) is 1.33. The molecule has 0 aliphatic rings. The second-order valence-electron chi connectivity index (χ2n) is 8.46. The smallest absolute Gasteiger partial charge is 0.416 e. The lowest BCUT2D eigenvalue weighted by Crippen LogP contribution is -2.12. The molecule has 0 amide bonds. The molecule has 5 aromatic rings. The van der Waals surface area contributed by atoms with E-state index in [9.17, 15) is 26.4 Å². The van der Waals surface area contributed by atoms with Crippen molar-refractivity contribution in [1.29, 1.82) is 0 Å². The lowest BCUT2D eigenvalue weighted by atomic mass is 9.98. The summed E-state index contributed by atoms with van der Waals surface area (Å²) in [4.78, 5) is 20.1. The molecule has 1 N–H and O–H groups in total. The molecule has 11 heteroatoms. The molecule has 0 aliphatic heterocycles. The summed E-state index contributed by atoms with van der Waals surface area (Å²) in [7, 11) is -2.77. The molecular weight excluding hydrogens is 519 g/mol. The lowest BCUT2D eigenvalue weighted by molar-refractivity contribution is -0.138. The number of aromatic nitrogens is 3. The zero-order valence-electron chi connectivity index (χ0n) is 20.1. The van der Waals surface area contributed by atoms with Crippen molar-refractivity contribution in [1.82, 2.24) is 13.9 Å². The number of hydrogen-bond acceptors (Lipinski definition) is 5. The molecule has 0 saturated carbocycles. The SMILES string of the molecule is COC(=O)c1cc(-c2ccnc3c2ccn3S(=O)(=O)c2ccccc2)[nH]c1-c1cccc(C(F)(F)F)c1C. The Morgan fingerprint density at radius 3 is 2.42 bits per heavy atom. The number of benzene rings is 2. The van der Waals surface area contributed by atoms with Crippen LogP contribution in [-0.2, 0) is 20.9 Å². The molecule has 0 bridgehead atoms. The Morgan fingerprint density at radius 2 is 1.74 bits per heavy atom. The van der Waals surface area contributed by atoms with E-state index in [1.165, 1.54) is 56.8 Å². The van der Waals surface area contributed by atoms with Crippen molar-refractivity contribution >= 4 is 27.0 Å². The highest BCUT2D eigenvalue weighted by atomic mass is 32.2. The van der Waals surface area contributed by atoms with Crippen molar-refractivity contribution in [2.75, 3.05) is 7.11 Å². The highest BCUT2D eigenvalue weighted by Crippen LogP contribution is 2.39. The third kappa shape index (κ3) is 4.14. The van der Waals surface area contributed by atoms with Crippen LogP contribution in [0.3, 0.4) is 0 Å². The maximum absolute atomic E-state index is 13.6. The van der Waals surface area contributed by atoms with Crippen LogP contribution in [0, 0.1) is 6.92 Å². The molecule has 38 heavy (non-hydrogen) atoms. The van der Waals surface area contributed by atoms with Crippen LogP contribution in [0.2, 0.25) is 0 Å². The molecule has 2 aromatic carbocycles. The first-order chi connectivity index (χ1) is 18.0. The van der Waals surface area contributed by atoms with Crippen molar-refractivity contribution in [3.63, 3.8) is 0 Å². The number of ether oxygens (including phenoxy) is 1. The minimum Gasteiger partial charge on any atom is -0.465 e. The summed E-state index contributed by atoms with van der Waals surface area (Å²) < 4.78 is 73.2. The van der Waals surface area contributed by atoms with Gasteiger partial charge in [0.25, 0.3) is 10.0 Å². The Balaban J connectivity index is 1.70. The van der Waals surface area contributed by atoms with E-state index in [1.807, 2.05) is 0 Å². The summed E-state index contributed by atoms with van der Waals surface area (Å²) in [5.41, 5.74) is 0.508. The number of halogens is 3. The van der Waals surface area contributed by atoms with Crippen molar-refractivity contribution in [3.05, 3.63) is 95.8 Å². The maximum Gasteiger partial charge on any atom is 0.416 e. The fraction of sp³-hybridized carbons (Fsp3) is 0.111. The van der Waals surface area contributed by atoms with Crippen LogP contribution in [0.4, 0.5) is 13.2 Å². The third-order valence-corrected chi connectivity index (χ3v) is 7.96. The van der Waals surface area contributed by atoms with Gasteiger partial charge in [-0.2, -0.15) is 13.2 Å². The topological polar surface area (TPSA) is 94.0 Å². The van der Waals surface area contributed by atoms with Gasteiger partial charge in [-0.05, 0) is 48.9 Å². The van der Waals surface area contributed by atoms with E-state index < -0.39 is 27.7 Å². The Labute approximate surface area is 215 Å². The summed E-state index contributed by atoms with van der Waals surface area (Å²) in [5.74, 6) is -0.742. The number of esters is 1. The Bertz CT molecular complexity index is 1790. The summed E-state index contributed by atoms with van der Waals surface area (Å²) in [6.07, 6.45) is -1.78. The van der Waals surface area contributed by atoms with E-state index in [0.717, 1.165) is 10.0 Å². The van der Waals surface area contributed by atoms with Gasteiger partial charge >= 0.3 is 12.1 Å². The van der Waals surface area contributed by atoms with Crippen LogP contribution in [-0.4, -0.2) is 35.4 Å². The number of carbonyl (C=O) groups excluding carboxylic acids is 1. The molecule has 7 nitrogen and oxygen atoms in total. The number of rotatable bonds is 5.